The molecule has 3 rings (SSSR count). The third-order valence-corrected chi connectivity index (χ3v) is 5.94. The van der Waals surface area contributed by atoms with Gasteiger partial charge in [-0.15, -0.1) is 0 Å². The maximum absolute atomic E-state index is 12.6. The van der Waals surface area contributed by atoms with Gasteiger partial charge in [0.1, 0.15) is 6.04 Å². The fourth-order valence-corrected chi connectivity index (χ4v) is 4.33. The van der Waals surface area contributed by atoms with E-state index in [2.05, 4.69) is 4.98 Å². The normalized spacial score (nSPS) is 20.2. The Morgan fingerprint density at radius 2 is 1.83 bits per heavy atom. The van der Waals surface area contributed by atoms with Crippen molar-refractivity contribution in [3.05, 3.63) is 54.4 Å². The second-order valence-electron chi connectivity index (χ2n) is 7.42. The average Bonchev–Trinajstić information content (AvgIpc) is 2.98. The van der Waals surface area contributed by atoms with E-state index >= 15 is 0 Å². The van der Waals surface area contributed by atoms with Gasteiger partial charge in [-0.3, -0.25) is 19.5 Å². The zero-order valence-electron chi connectivity index (χ0n) is 16.3. The van der Waals surface area contributed by atoms with Gasteiger partial charge in [0.05, 0.1) is 12.8 Å². The van der Waals surface area contributed by atoms with Crippen molar-refractivity contribution in [2.24, 2.45) is 5.73 Å². The van der Waals surface area contributed by atoms with Crippen LogP contribution < -0.4 is 10.6 Å². The highest BCUT2D eigenvalue weighted by Gasteiger charge is 2.51. The molecule has 2 aromatic rings. The fraction of sp³-hybridized carbons (Fsp3) is 0.350. The highest BCUT2D eigenvalue weighted by atomic mass is 32.2. The first kappa shape index (κ1) is 22.3. The van der Waals surface area contributed by atoms with Crippen LogP contribution in [0.15, 0.2) is 53.7 Å². The third-order valence-electron chi connectivity index (χ3n) is 5.20. The number of nitrogens with zero attached hydrogens (tertiary/aromatic N) is 3. The number of carbonyl (C=O) groups excluding carboxylic acids is 2. The minimum absolute atomic E-state index is 0.0355. The Hall–Kier alpha value is -2.43. The Bertz CT molecular complexity index is 907. The number of rotatable bonds is 6. The lowest BCUT2D eigenvalue weighted by molar-refractivity contribution is -0.131. The molecule has 0 aliphatic carbocycles. The second kappa shape index (κ2) is 8.37. The molecule has 1 fully saturated rings. The SMILES string of the molecule is CC1(C)C(C(=O)C=O)N(c2ccc(SC(F)(F)F)cc2)CN1C(N)c1ccncc1. The van der Waals surface area contributed by atoms with Crippen LogP contribution in [-0.4, -0.2) is 45.7 Å². The summed E-state index contributed by atoms with van der Waals surface area (Å²) in [6.45, 7) is 3.84. The summed E-state index contributed by atoms with van der Waals surface area (Å²) in [7, 11) is 0. The summed E-state index contributed by atoms with van der Waals surface area (Å²) in [5, 5.41) is 0. The van der Waals surface area contributed by atoms with E-state index < -0.39 is 29.0 Å². The highest BCUT2D eigenvalue weighted by Crippen LogP contribution is 2.41. The molecule has 30 heavy (non-hydrogen) atoms. The molecule has 0 spiro atoms. The van der Waals surface area contributed by atoms with Gasteiger partial charge in [0.2, 0.25) is 5.78 Å². The van der Waals surface area contributed by atoms with Gasteiger partial charge in [-0.1, -0.05) is 0 Å². The van der Waals surface area contributed by atoms with E-state index in [0.29, 0.717) is 5.69 Å². The molecule has 0 amide bonds. The number of hydrogen-bond donors (Lipinski definition) is 1. The van der Waals surface area contributed by atoms with Crippen molar-refractivity contribution in [1.29, 1.82) is 0 Å². The van der Waals surface area contributed by atoms with Crippen molar-refractivity contribution < 1.29 is 22.8 Å². The zero-order chi connectivity index (χ0) is 22.1. The van der Waals surface area contributed by atoms with E-state index in [4.69, 9.17) is 5.73 Å². The minimum atomic E-state index is -4.39. The van der Waals surface area contributed by atoms with Gasteiger partial charge in [0, 0.05) is 28.5 Å². The summed E-state index contributed by atoms with van der Waals surface area (Å²) < 4.78 is 37.8. The summed E-state index contributed by atoms with van der Waals surface area (Å²) >= 11 is -0.212. The predicted molar refractivity (Wildman–Crippen MR) is 108 cm³/mol. The lowest BCUT2D eigenvalue weighted by Gasteiger charge is -2.37. The quantitative estimate of drug-likeness (QED) is 0.421. The van der Waals surface area contributed by atoms with E-state index in [9.17, 15) is 22.8 Å². The van der Waals surface area contributed by atoms with Crippen LogP contribution in [0, 0.1) is 0 Å². The van der Waals surface area contributed by atoms with E-state index in [0.717, 1.165) is 5.56 Å². The maximum Gasteiger partial charge on any atom is 0.446 e. The number of anilines is 1. The van der Waals surface area contributed by atoms with Crippen LogP contribution in [0.1, 0.15) is 25.6 Å². The minimum Gasteiger partial charge on any atom is -0.346 e. The molecule has 0 saturated carbocycles. The number of carbonyl (C=O) groups is 2. The number of Topliss-reactive ketones (excluding diaryl/α,β-unsaturated/α-hetero) is 1. The summed E-state index contributed by atoms with van der Waals surface area (Å²) in [6, 6.07) is 8.39. The second-order valence-corrected chi connectivity index (χ2v) is 8.56. The van der Waals surface area contributed by atoms with Gasteiger partial charge in [-0.2, -0.15) is 13.2 Å². The van der Waals surface area contributed by atoms with Crippen LogP contribution in [-0.2, 0) is 9.59 Å². The molecular weight excluding hydrogens is 417 g/mol. The molecule has 1 saturated heterocycles. The van der Waals surface area contributed by atoms with E-state index in [1.165, 1.54) is 24.3 Å². The number of aromatic nitrogens is 1. The van der Waals surface area contributed by atoms with Crippen molar-refractivity contribution in [2.75, 3.05) is 11.6 Å². The smallest absolute Gasteiger partial charge is 0.346 e. The monoisotopic (exact) mass is 438 g/mol. The summed E-state index contributed by atoms with van der Waals surface area (Å²) in [6.07, 6.45) is 2.92. The standard InChI is InChI=1S/C20H21F3N4O2S/c1-19(2)17(16(29)11-28)26(12-27(19)18(24)13-7-9-25-10-8-13)14-3-5-15(6-4-14)30-20(21,22)23/h3-11,17-18H,12,24H2,1-2H3. The molecule has 0 bridgehead atoms. The molecule has 2 atom stereocenters. The van der Waals surface area contributed by atoms with Crippen molar-refractivity contribution in [3.63, 3.8) is 0 Å². The first-order chi connectivity index (χ1) is 14.0. The molecular formula is C20H21F3N4O2S. The lowest BCUT2D eigenvalue weighted by atomic mass is 9.90. The Labute approximate surface area is 176 Å². The summed E-state index contributed by atoms with van der Waals surface area (Å²) in [4.78, 5) is 31.5. The highest BCUT2D eigenvalue weighted by molar-refractivity contribution is 8.00. The van der Waals surface area contributed by atoms with Gasteiger partial charge >= 0.3 is 5.51 Å². The van der Waals surface area contributed by atoms with Crippen molar-refractivity contribution in [1.82, 2.24) is 9.88 Å². The molecule has 1 aromatic carbocycles. The van der Waals surface area contributed by atoms with Gasteiger partial charge in [-0.05, 0) is 67.6 Å². The third kappa shape index (κ3) is 4.50. The fourth-order valence-electron chi connectivity index (χ4n) is 3.79. The largest absolute Gasteiger partial charge is 0.446 e. The molecule has 1 aliphatic rings. The van der Waals surface area contributed by atoms with E-state index in [1.807, 2.05) is 18.7 Å². The first-order valence-corrected chi connectivity index (χ1v) is 9.90. The van der Waals surface area contributed by atoms with E-state index in [-0.39, 0.29) is 29.6 Å². The number of benzene rings is 1. The average molecular weight is 438 g/mol. The Morgan fingerprint density at radius 1 is 1.23 bits per heavy atom. The summed E-state index contributed by atoms with van der Waals surface area (Å²) in [5.41, 5.74) is 2.56. The van der Waals surface area contributed by atoms with Crippen LogP contribution >= 0.6 is 11.8 Å². The van der Waals surface area contributed by atoms with Crippen molar-refractivity contribution in [2.45, 2.75) is 42.0 Å². The topological polar surface area (TPSA) is 79.5 Å². The number of ketones is 1. The molecule has 1 aromatic heterocycles. The van der Waals surface area contributed by atoms with Crippen molar-refractivity contribution in [3.8, 4) is 0 Å². The number of hydrogen-bond acceptors (Lipinski definition) is 7. The number of alkyl halides is 3. The Kier molecular flexibility index (Phi) is 6.21. The van der Waals surface area contributed by atoms with Gasteiger partial charge in [0.15, 0.2) is 6.29 Å². The Morgan fingerprint density at radius 3 is 2.37 bits per heavy atom. The number of aldehydes is 1. The van der Waals surface area contributed by atoms with Crippen LogP contribution in [0.25, 0.3) is 0 Å². The molecule has 0 radical (unpaired) electrons. The van der Waals surface area contributed by atoms with Crippen LogP contribution in [0.4, 0.5) is 18.9 Å². The number of nitrogens with two attached hydrogens (primary N) is 1. The van der Waals surface area contributed by atoms with Crippen LogP contribution in [0.3, 0.4) is 0 Å². The number of thioether (sulfide) groups is 1. The van der Waals surface area contributed by atoms with Crippen LogP contribution in [0.2, 0.25) is 0 Å². The van der Waals surface area contributed by atoms with Crippen LogP contribution in [0.5, 0.6) is 0 Å². The molecule has 2 heterocycles. The Balaban J connectivity index is 1.94. The predicted octanol–water partition coefficient (Wildman–Crippen LogP) is 3.35. The molecule has 2 N–H and O–H groups in total. The van der Waals surface area contributed by atoms with Gasteiger partial charge in [-0.25, -0.2) is 0 Å². The molecule has 6 nitrogen and oxygen atoms in total. The van der Waals surface area contributed by atoms with Gasteiger partial charge < -0.3 is 10.6 Å². The first-order valence-electron chi connectivity index (χ1n) is 9.08. The number of halogens is 3. The van der Waals surface area contributed by atoms with E-state index in [1.54, 1.807) is 29.4 Å². The maximum atomic E-state index is 12.6. The lowest BCUT2D eigenvalue weighted by Crippen LogP contribution is -2.53. The summed E-state index contributed by atoms with van der Waals surface area (Å²) in [5.74, 6) is -0.627. The molecule has 2 unspecified atom stereocenters. The van der Waals surface area contributed by atoms with Crippen molar-refractivity contribution >= 4 is 29.5 Å². The zero-order valence-corrected chi connectivity index (χ0v) is 17.2. The van der Waals surface area contributed by atoms with Gasteiger partial charge in [0.25, 0.3) is 0 Å². The molecule has 160 valence electrons. The molecule has 1 aliphatic heterocycles. The number of pyridine rings is 1. The molecule has 10 heteroatoms.